The van der Waals surface area contributed by atoms with Crippen molar-refractivity contribution in [2.24, 2.45) is 11.3 Å². The highest BCUT2D eigenvalue weighted by molar-refractivity contribution is 5.87. The number of benzene rings is 3. The molecule has 2 atom stereocenters. The molecule has 3 nitrogen and oxygen atoms in total. The van der Waals surface area contributed by atoms with Crippen LogP contribution in [-0.4, -0.2) is 11.1 Å². The number of aliphatic hydroxyl groups is 1. The molecule has 27 heavy (non-hydrogen) atoms. The second-order valence-electron chi connectivity index (χ2n) is 7.92. The molecule has 0 saturated heterocycles. The van der Waals surface area contributed by atoms with Gasteiger partial charge in [-0.15, -0.1) is 0 Å². The van der Waals surface area contributed by atoms with E-state index >= 15 is 0 Å². The van der Waals surface area contributed by atoms with Gasteiger partial charge in [0.25, 0.3) is 0 Å². The SMILES string of the molecule is CC1(C)[C@@H](CC(=O)OCc2ccccc2)[C@@]1(O)c1cccc2ccccc12. The maximum absolute atomic E-state index is 12.4. The third-order valence-electron chi connectivity index (χ3n) is 6.09. The van der Waals surface area contributed by atoms with Crippen LogP contribution in [0.25, 0.3) is 10.8 Å². The first kappa shape index (κ1) is 17.7. The average Bonchev–Trinajstić information content (AvgIpc) is 3.12. The topological polar surface area (TPSA) is 46.5 Å². The number of esters is 1. The predicted octanol–water partition coefficient (Wildman–Crippen LogP) is 4.82. The molecule has 3 aromatic carbocycles. The number of hydrogen-bond donors (Lipinski definition) is 1. The molecular weight excluding hydrogens is 336 g/mol. The molecular formula is C24H24O3. The fourth-order valence-corrected chi connectivity index (χ4v) is 4.30. The Labute approximate surface area is 159 Å². The summed E-state index contributed by atoms with van der Waals surface area (Å²) >= 11 is 0. The van der Waals surface area contributed by atoms with Gasteiger partial charge in [-0.2, -0.15) is 0 Å². The van der Waals surface area contributed by atoms with Gasteiger partial charge in [0, 0.05) is 11.3 Å². The van der Waals surface area contributed by atoms with E-state index < -0.39 is 5.60 Å². The average molecular weight is 360 g/mol. The lowest BCUT2D eigenvalue weighted by molar-refractivity contribution is -0.146. The van der Waals surface area contributed by atoms with Crippen LogP contribution in [0.4, 0.5) is 0 Å². The van der Waals surface area contributed by atoms with E-state index in [4.69, 9.17) is 4.74 Å². The predicted molar refractivity (Wildman–Crippen MR) is 106 cm³/mol. The summed E-state index contributed by atoms with van der Waals surface area (Å²) in [4.78, 5) is 12.4. The zero-order valence-electron chi connectivity index (χ0n) is 15.7. The molecule has 1 N–H and O–H groups in total. The van der Waals surface area contributed by atoms with Crippen molar-refractivity contribution in [2.75, 3.05) is 0 Å². The normalized spacial score (nSPS) is 23.1. The van der Waals surface area contributed by atoms with Gasteiger partial charge in [-0.25, -0.2) is 0 Å². The third kappa shape index (κ3) is 2.92. The summed E-state index contributed by atoms with van der Waals surface area (Å²) in [5.74, 6) is -0.438. The number of rotatable bonds is 5. The first-order valence-electron chi connectivity index (χ1n) is 9.35. The zero-order valence-corrected chi connectivity index (χ0v) is 15.7. The maximum Gasteiger partial charge on any atom is 0.306 e. The molecule has 1 aliphatic carbocycles. The first-order valence-corrected chi connectivity index (χ1v) is 9.35. The van der Waals surface area contributed by atoms with Gasteiger partial charge >= 0.3 is 5.97 Å². The standard InChI is InChI=1S/C24H24O3/c1-23(2)21(15-22(25)27-16-17-9-4-3-5-10-17)24(23,26)20-14-8-12-18-11-6-7-13-19(18)20/h3-14,21,26H,15-16H2,1-2H3/t21-,24+/m1/s1. The van der Waals surface area contributed by atoms with Crippen molar-refractivity contribution in [3.05, 3.63) is 83.9 Å². The van der Waals surface area contributed by atoms with Crippen molar-refractivity contribution >= 4 is 16.7 Å². The number of carbonyl (C=O) groups is 1. The van der Waals surface area contributed by atoms with Crippen LogP contribution >= 0.6 is 0 Å². The Bertz CT molecular complexity index is 972. The highest BCUT2D eigenvalue weighted by Gasteiger charge is 2.72. The second kappa shape index (κ2) is 6.50. The molecule has 0 aliphatic heterocycles. The molecule has 1 saturated carbocycles. The molecule has 0 spiro atoms. The Morgan fingerprint density at radius 2 is 1.63 bits per heavy atom. The van der Waals surface area contributed by atoms with Gasteiger partial charge in [0.2, 0.25) is 0 Å². The number of fused-ring (bicyclic) bond motifs is 1. The van der Waals surface area contributed by atoms with Crippen molar-refractivity contribution in [3.8, 4) is 0 Å². The zero-order chi connectivity index (χ0) is 19.1. The Morgan fingerprint density at radius 1 is 0.963 bits per heavy atom. The maximum atomic E-state index is 12.4. The summed E-state index contributed by atoms with van der Waals surface area (Å²) in [6, 6.07) is 23.7. The van der Waals surface area contributed by atoms with E-state index in [1.54, 1.807) is 0 Å². The summed E-state index contributed by atoms with van der Waals surface area (Å²) < 4.78 is 5.44. The summed E-state index contributed by atoms with van der Waals surface area (Å²) in [6.07, 6.45) is 0.208. The smallest absolute Gasteiger partial charge is 0.306 e. The molecule has 0 aromatic heterocycles. The van der Waals surface area contributed by atoms with E-state index in [0.29, 0.717) is 0 Å². The Kier molecular flexibility index (Phi) is 4.27. The Morgan fingerprint density at radius 3 is 2.41 bits per heavy atom. The molecule has 0 unspecified atom stereocenters. The van der Waals surface area contributed by atoms with E-state index in [0.717, 1.165) is 21.9 Å². The highest BCUT2D eigenvalue weighted by Crippen LogP contribution is 2.69. The minimum atomic E-state index is -1.03. The van der Waals surface area contributed by atoms with Crippen LogP contribution in [0.2, 0.25) is 0 Å². The van der Waals surface area contributed by atoms with Crippen molar-refractivity contribution in [2.45, 2.75) is 32.5 Å². The Balaban J connectivity index is 1.53. The lowest BCUT2D eigenvalue weighted by Gasteiger charge is -2.17. The molecule has 3 heteroatoms. The third-order valence-corrected chi connectivity index (χ3v) is 6.09. The molecule has 0 heterocycles. The van der Waals surface area contributed by atoms with Gasteiger partial charge in [-0.1, -0.05) is 86.6 Å². The summed E-state index contributed by atoms with van der Waals surface area (Å²) in [7, 11) is 0. The Hall–Kier alpha value is -2.65. The summed E-state index contributed by atoms with van der Waals surface area (Å²) in [5, 5.41) is 13.6. The van der Waals surface area contributed by atoms with Crippen molar-refractivity contribution in [1.82, 2.24) is 0 Å². The monoisotopic (exact) mass is 360 g/mol. The van der Waals surface area contributed by atoms with Gasteiger partial charge in [-0.05, 0) is 21.9 Å². The second-order valence-corrected chi connectivity index (χ2v) is 7.92. The largest absolute Gasteiger partial charge is 0.461 e. The molecule has 138 valence electrons. The van der Waals surface area contributed by atoms with Crippen LogP contribution in [0.3, 0.4) is 0 Å². The van der Waals surface area contributed by atoms with Crippen LogP contribution in [0, 0.1) is 11.3 Å². The van der Waals surface area contributed by atoms with E-state index in [1.165, 1.54) is 0 Å². The molecule has 0 bridgehead atoms. The highest BCUT2D eigenvalue weighted by atomic mass is 16.5. The van der Waals surface area contributed by atoms with E-state index in [-0.39, 0.29) is 30.3 Å². The summed E-state index contributed by atoms with van der Waals surface area (Å²) in [5.41, 5.74) is 0.444. The van der Waals surface area contributed by atoms with Gasteiger partial charge in [0.15, 0.2) is 0 Å². The van der Waals surface area contributed by atoms with E-state index in [1.807, 2.05) is 86.6 Å². The lowest BCUT2D eigenvalue weighted by atomic mass is 9.94. The number of hydrogen-bond acceptors (Lipinski definition) is 3. The minimum Gasteiger partial charge on any atom is -0.461 e. The fraction of sp³-hybridized carbons (Fsp3) is 0.292. The molecule has 0 radical (unpaired) electrons. The molecule has 1 aliphatic rings. The van der Waals surface area contributed by atoms with Gasteiger partial charge in [0.05, 0.1) is 12.0 Å². The first-order chi connectivity index (χ1) is 12.9. The quantitative estimate of drug-likeness (QED) is 0.664. The number of ether oxygens (including phenoxy) is 1. The van der Waals surface area contributed by atoms with E-state index in [9.17, 15) is 9.90 Å². The lowest BCUT2D eigenvalue weighted by Crippen LogP contribution is -2.15. The van der Waals surface area contributed by atoms with Gasteiger partial charge in [-0.3, -0.25) is 4.79 Å². The van der Waals surface area contributed by atoms with Crippen LogP contribution in [-0.2, 0) is 21.7 Å². The molecule has 1 fully saturated rings. The molecule has 0 amide bonds. The van der Waals surface area contributed by atoms with Crippen LogP contribution in [0.15, 0.2) is 72.8 Å². The fourth-order valence-electron chi connectivity index (χ4n) is 4.30. The van der Waals surface area contributed by atoms with Crippen molar-refractivity contribution in [1.29, 1.82) is 0 Å². The van der Waals surface area contributed by atoms with Crippen molar-refractivity contribution < 1.29 is 14.6 Å². The molecule has 3 aromatic rings. The van der Waals surface area contributed by atoms with Crippen LogP contribution in [0.5, 0.6) is 0 Å². The molecule has 4 rings (SSSR count). The van der Waals surface area contributed by atoms with E-state index in [2.05, 4.69) is 0 Å². The summed E-state index contributed by atoms with van der Waals surface area (Å²) in [6.45, 7) is 4.30. The minimum absolute atomic E-state index is 0.168. The van der Waals surface area contributed by atoms with Crippen LogP contribution in [0.1, 0.15) is 31.4 Å². The van der Waals surface area contributed by atoms with Crippen molar-refractivity contribution in [3.63, 3.8) is 0 Å². The number of carbonyl (C=O) groups excluding carboxylic acids is 1. The van der Waals surface area contributed by atoms with Gasteiger partial charge < -0.3 is 9.84 Å². The van der Waals surface area contributed by atoms with Crippen LogP contribution < -0.4 is 0 Å². The van der Waals surface area contributed by atoms with Gasteiger partial charge in [0.1, 0.15) is 6.61 Å².